The van der Waals surface area contributed by atoms with Gasteiger partial charge in [-0.15, -0.1) is 0 Å². The van der Waals surface area contributed by atoms with Crippen molar-refractivity contribution in [1.29, 1.82) is 0 Å². The smallest absolute Gasteiger partial charge is 0.294 e. The van der Waals surface area contributed by atoms with E-state index in [1.54, 1.807) is 0 Å². The lowest BCUT2D eigenvalue weighted by molar-refractivity contribution is -0.144. The van der Waals surface area contributed by atoms with E-state index in [9.17, 15) is 9.90 Å². The number of hydrogen-bond donors (Lipinski definition) is 1. The van der Waals surface area contributed by atoms with Gasteiger partial charge in [0.1, 0.15) is 0 Å². The molecule has 0 spiro atoms. The minimum atomic E-state index is -0.385. The van der Waals surface area contributed by atoms with Crippen LogP contribution in [0.15, 0.2) is 0 Å². The molecule has 1 saturated heterocycles. The van der Waals surface area contributed by atoms with Crippen molar-refractivity contribution in [2.24, 2.45) is 0 Å². The van der Waals surface area contributed by atoms with Crippen molar-refractivity contribution in [2.75, 3.05) is 6.54 Å². The number of ether oxygens (including phenoxy) is 1. The van der Waals surface area contributed by atoms with E-state index in [0.717, 1.165) is 0 Å². The second-order valence-electron chi connectivity index (χ2n) is 4.40. The Kier molecular flexibility index (Phi) is 2.93. The quantitative estimate of drug-likeness (QED) is 0.634. The number of nitrogens with zero attached hydrogens (tertiary/aromatic N) is 1. The maximum Gasteiger partial charge on any atom is 0.294 e. The van der Waals surface area contributed by atoms with Gasteiger partial charge in [-0.1, -0.05) is 0 Å². The van der Waals surface area contributed by atoms with Crippen LogP contribution in [-0.4, -0.2) is 40.9 Å². The third-order valence-corrected chi connectivity index (χ3v) is 2.30. The van der Waals surface area contributed by atoms with Crippen LogP contribution in [0.4, 0.5) is 0 Å². The summed E-state index contributed by atoms with van der Waals surface area (Å²) >= 11 is 0. The van der Waals surface area contributed by atoms with Crippen molar-refractivity contribution in [3.8, 4) is 0 Å². The van der Waals surface area contributed by atoms with Crippen LogP contribution in [0, 0.1) is 0 Å². The predicted octanol–water partition coefficient (Wildman–Crippen LogP) is 0.351. The third kappa shape index (κ3) is 2.42. The zero-order valence-corrected chi connectivity index (χ0v) is 8.36. The van der Waals surface area contributed by atoms with Gasteiger partial charge < -0.3 is 9.84 Å². The minimum absolute atomic E-state index is 0.0782. The summed E-state index contributed by atoms with van der Waals surface area (Å²) < 4.78 is 4.90. The number of β-amino-alcohol motifs (C(OH)–C–C–N with tert-alkyl or cyclic N) is 1. The van der Waals surface area contributed by atoms with Crippen molar-refractivity contribution < 1.29 is 14.6 Å². The molecule has 0 saturated carbocycles. The van der Waals surface area contributed by atoms with E-state index < -0.39 is 0 Å². The first-order chi connectivity index (χ1) is 5.95. The first-order valence-corrected chi connectivity index (χ1v) is 4.49. The van der Waals surface area contributed by atoms with Crippen LogP contribution in [0.3, 0.4) is 0 Å². The molecule has 0 amide bonds. The molecule has 13 heavy (non-hydrogen) atoms. The summed E-state index contributed by atoms with van der Waals surface area (Å²) in [5, 5.41) is 9.42. The lowest BCUT2D eigenvalue weighted by Gasteiger charge is -2.35. The predicted molar refractivity (Wildman–Crippen MR) is 48.0 cm³/mol. The molecule has 1 heterocycles. The zero-order valence-electron chi connectivity index (χ0n) is 8.36. The fraction of sp³-hybridized carbons (Fsp3) is 0.889. The Hall–Kier alpha value is -0.610. The summed E-state index contributed by atoms with van der Waals surface area (Å²) in [6.45, 7) is 7.12. The van der Waals surface area contributed by atoms with Gasteiger partial charge in [-0.05, 0) is 20.8 Å². The van der Waals surface area contributed by atoms with E-state index in [-0.39, 0.29) is 17.9 Å². The SMILES string of the molecule is CC(C)(C)N1CC(O)CC1OC=O. The van der Waals surface area contributed by atoms with Crippen molar-refractivity contribution in [2.45, 2.75) is 45.1 Å². The largest absolute Gasteiger partial charge is 0.448 e. The van der Waals surface area contributed by atoms with Crippen molar-refractivity contribution >= 4 is 6.47 Å². The highest BCUT2D eigenvalue weighted by Crippen LogP contribution is 2.26. The second kappa shape index (κ2) is 3.64. The molecule has 1 aliphatic heterocycles. The summed E-state index contributed by atoms with van der Waals surface area (Å²) in [6.07, 6.45) is -0.146. The minimum Gasteiger partial charge on any atom is -0.448 e. The number of aliphatic hydroxyl groups is 1. The fourth-order valence-electron chi connectivity index (χ4n) is 1.68. The molecule has 0 radical (unpaired) electrons. The third-order valence-electron chi connectivity index (χ3n) is 2.30. The van der Waals surface area contributed by atoms with E-state index in [0.29, 0.717) is 19.4 Å². The molecule has 1 aliphatic rings. The molecule has 4 nitrogen and oxygen atoms in total. The van der Waals surface area contributed by atoms with Crippen LogP contribution < -0.4 is 0 Å². The van der Waals surface area contributed by atoms with E-state index in [4.69, 9.17) is 4.74 Å². The van der Waals surface area contributed by atoms with Crippen LogP contribution >= 0.6 is 0 Å². The molecular weight excluding hydrogens is 170 g/mol. The van der Waals surface area contributed by atoms with Crippen LogP contribution in [0.2, 0.25) is 0 Å². The van der Waals surface area contributed by atoms with Crippen LogP contribution in [0.1, 0.15) is 27.2 Å². The Morgan fingerprint density at radius 2 is 2.15 bits per heavy atom. The Morgan fingerprint density at radius 1 is 1.54 bits per heavy atom. The standard InChI is InChI=1S/C9H17NO3/c1-9(2,3)10-5-7(12)4-8(10)13-6-11/h6-8,12H,4-5H2,1-3H3. The van der Waals surface area contributed by atoms with Gasteiger partial charge in [0.05, 0.1) is 6.10 Å². The van der Waals surface area contributed by atoms with Crippen LogP contribution in [0.25, 0.3) is 0 Å². The molecule has 1 fully saturated rings. The number of likely N-dealkylation sites (tertiary alicyclic amines) is 1. The van der Waals surface area contributed by atoms with Gasteiger partial charge in [0, 0.05) is 18.5 Å². The van der Waals surface area contributed by atoms with Crippen molar-refractivity contribution in [3.05, 3.63) is 0 Å². The fourth-order valence-corrected chi connectivity index (χ4v) is 1.68. The van der Waals surface area contributed by atoms with E-state index in [2.05, 4.69) is 0 Å². The molecule has 0 aromatic rings. The summed E-state index contributed by atoms with van der Waals surface area (Å²) in [4.78, 5) is 12.2. The van der Waals surface area contributed by atoms with Crippen LogP contribution in [0.5, 0.6) is 0 Å². The van der Waals surface area contributed by atoms with Gasteiger partial charge in [-0.3, -0.25) is 9.69 Å². The summed E-state index contributed by atoms with van der Waals surface area (Å²) in [7, 11) is 0. The molecule has 1 N–H and O–H groups in total. The summed E-state index contributed by atoms with van der Waals surface area (Å²) in [5.41, 5.74) is -0.0782. The van der Waals surface area contributed by atoms with Crippen LogP contribution in [-0.2, 0) is 9.53 Å². The van der Waals surface area contributed by atoms with Gasteiger partial charge in [0.2, 0.25) is 0 Å². The summed E-state index contributed by atoms with van der Waals surface area (Å²) in [5.74, 6) is 0. The van der Waals surface area contributed by atoms with Gasteiger partial charge in [-0.25, -0.2) is 0 Å². The molecule has 0 bridgehead atoms. The highest BCUT2D eigenvalue weighted by Gasteiger charge is 2.38. The van der Waals surface area contributed by atoms with Gasteiger partial charge in [0.25, 0.3) is 6.47 Å². The lowest BCUT2D eigenvalue weighted by atomic mass is 10.1. The molecule has 0 aliphatic carbocycles. The average molecular weight is 187 g/mol. The Bertz CT molecular complexity index is 188. The highest BCUT2D eigenvalue weighted by molar-refractivity contribution is 5.37. The Labute approximate surface area is 78.5 Å². The molecule has 0 aromatic heterocycles. The number of carbonyl (C=O) groups is 1. The average Bonchev–Trinajstić information content (AvgIpc) is 2.30. The number of hydrogen-bond acceptors (Lipinski definition) is 4. The zero-order chi connectivity index (χ0) is 10.1. The first-order valence-electron chi connectivity index (χ1n) is 4.49. The molecule has 0 aromatic carbocycles. The molecule has 2 unspecified atom stereocenters. The van der Waals surface area contributed by atoms with Gasteiger partial charge >= 0.3 is 0 Å². The van der Waals surface area contributed by atoms with E-state index in [1.165, 1.54) is 0 Å². The van der Waals surface area contributed by atoms with E-state index >= 15 is 0 Å². The molecule has 76 valence electrons. The topological polar surface area (TPSA) is 49.8 Å². The maximum absolute atomic E-state index is 10.2. The number of rotatable bonds is 2. The molecule has 4 heteroatoms. The molecule has 2 atom stereocenters. The first kappa shape index (κ1) is 10.5. The molecular formula is C9H17NO3. The van der Waals surface area contributed by atoms with Gasteiger partial charge in [0.15, 0.2) is 6.23 Å². The van der Waals surface area contributed by atoms with E-state index in [1.807, 2.05) is 25.7 Å². The number of aliphatic hydroxyl groups excluding tert-OH is 1. The number of carbonyl (C=O) groups excluding carboxylic acids is 1. The van der Waals surface area contributed by atoms with Crippen molar-refractivity contribution in [3.63, 3.8) is 0 Å². The normalized spacial score (nSPS) is 30.5. The Morgan fingerprint density at radius 3 is 2.62 bits per heavy atom. The highest BCUT2D eigenvalue weighted by atomic mass is 16.5. The monoisotopic (exact) mass is 187 g/mol. The van der Waals surface area contributed by atoms with Gasteiger partial charge in [-0.2, -0.15) is 0 Å². The van der Waals surface area contributed by atoms with Crippen molar-refractivity contribution in [1.82, 2.24) is 4.90 Å². The summed E-state index contributed by atoms with van der Waals surface area (Å²) in [6, 6.07) is 0. The Balaban J connectivity index is 2.65. The molecule has 1 rings (SSSR count). The lowest BCUT2D eigenvalue weighted by Crippen LogP contribution is -2.45. The maximum atomic E-state index is 10.2. The second-order valence-corrected chi connectivity index (χ2v) is 4.40.